The quantitative estimate of drug-likeness (QED) is 0.0802. The predicted molar refractivity (Wildman–Crippen MR) is 170 cm³/mol. The minimum absolute atomic E-state index is 0.399. The molecule has 1 aromatic carbocycles. The summed E-state index contributed by atoms with van der Waals surface area (Å²) in [7, 11) is -4.17. The van der Waals surface area contributed by atoms with Crippen LogP contribution in [0, 0.1) is 0 Å². The van der Waals surface area contributed by atoms with E-state index >= 15 is 0 Å². The van der Waals surface area contributed by atoms with Crippen LogP contribution in [0.25, 0.3) is 0 Å². The average molecular weight is 553 g/mol. The van der Waals surface area contributed by atoms with Gasteiger partial charge in [0.1, 0.15) is 0 Å². The van der Waals surface area contributed by atoms with Gasteiger partial charge < -0.3 is 0 Å². The van der Waals surface area contributed by atoms with Gasteiger partial charge in [0.2, 0.25) is 0 Å². The molecule has 0 amide bonds. The standard InChI is InChI=1S/C34H65O3P/c1-3-5-7-9-11-13-15-17-19-21-23-28-32-38(35,36,37-34-30-26-25-27-31-34)33-29-24-22-20-18-16-14-12-10-8-6-4-2/h25-27,30-31,35-36H,3-24,28-29,32-33H2,1-2H3. The Hall–Kier alpha value is -0.630. The zero-order valence-corrected chi connectivity index (χ0v) is 26.4. The molecule has 0 saturated carbocycles. The molecule has 224 valence electrons. The van der Waals surface area contributed by atoms with Gasteiger partial charge in [-0.1, -0.05) is 26.7 Å². The van der Waals surface area contributed by atoms with Gasteiger partial charge in [0.25, 0.3) is 0 Å². The van der Waals surface area contributed by atoms with Gasteiger partial charge in [-0.3, -0.25) is 0 Å². The van der Waals surface area contributed by atoms with E-state index in [1.165, 1.54) is 128 Å². The van der Waals surface area contributed by atoms with Crippen LogP contribution in [0.1, 0.15) is 168 Å². The van der Waals surface area contributed by atoms with Crippen molar-refractivity contribution in [3.05, 3.63) is 30.3 Å². The Bertz CT molecular complexity index is 602. The number of para-hydroxylation sites is 1. The number of benzene rings is 1. The fourth-order valence-electron chi connectivity index (χ4n) is 5.47. The summed E-state index contributed by atoms with van der Waals surface area (Å²) in [5.41, 5.74) is 0. The number of hydrogen-bond acceptors (Lipinski definition) is 3. The van der Waals surface area contributed by atoms with Crippen molar-refractivity contribution in [3.63, 3.8) is 0 Å². The molecule has 1 aromatic rings. The first kappa shape index (κ1) is 35.4. The SMILES string of the molecule is CCCCCCCCCCCCCCP(O)(O)(CCCCCCCCCCCCCC)Oc1ccccc1. The summed E-state index contributed by atoms with van der Waals surface area (Å²) in [6.07, 6.45) is 31.4. The Labute approximate surface area is 237 Å². The summed E-state index contributed by atoms with van der Waals surface area (Å²) in [4.78, 5) is 23.0. The summed E-state index contributed by atoms with van der Waals surface area (Å²) in [5.74, 6) is 0.591. The third kappa shape index (κ3) is 20.3. The molecule has 0 aromatic heterocycles. The van der Waals surface area contributed by atoms with Crippen molar-refractivity contribution in [2.45, 2.75) is 168 Å². The Morgan fingerprint density at radius 1 is 0.447 bits per heavy atom. The molecule has 0 heterocycles. The molecule has 3 nitrogen and oxygen atoms in total. The van der Waals surface area contributed by atoms with E-state index in [9.17, 15) is 9.79 Å². The molecule has 2 N–H and O–H groups in total. The Morgan fingerprint density at radius 3 is 1.05 bits per heavy atom. The van der Waals surface area contributed by atoms with Gasteiger partial charge in [0, 0.05) is 0 Å². The third-order valence-electron chi connectivity index (χ3n) is 7.98. The van der Waals surface area contributed by atoms with Crippen molar-refractivity contribution in [3.8, 4) is 5.75 Å². The van der Waals surface area contributed by atoms with Gasteiger partial charge in [-0.25, -0.2) is 0 Å². The molecule has 0 bridgehead atoms. The van der Waals surface area contributed by atoms with Crippen LogP contribution in [0.2, 0.25) is 0 Å². The van der Waals surface area contributed by atoms with Crippen molar-refractivity contribution in [2.24, 2.45) is 0 Å². The second-order valence-corrected chi connectivity index (χ2v) is 15.6. The molecule has 0 spiro atoms. The molecule has 0 aliphatic heterocycles. The molecule has 38 heavy (non-hydrogen) atoms. The van der Waals surface area contributed by atoms with Crippen LogP contribution in [-0.2, 0) is 0 Å². The molecule has 0 radical (unpaired) electrons. The molecule has 0 fully saturated rings. The Morgan fingerprint density at radius 2 is 0.737 bits per heavy atom. The summed E-state index contributed by atoms with van der Waals surface area (Å²) < 4.78 is 6.03. The van der Waals surface area contributed by atoms with Gasteiger partial charge >= 0.3 is 211 Å². The third-order valence-corrected chi connectivity index (χ3v) is 11.0. The van der Waals surface area contributed by atoms with Crippen LogP contribution >= 0.6 is 7.28 Å². The predicted octanol–water partition coefficient (Wildman–Crippen LogP) is 11.8. The first-order chi connectivity index (χ1) is 18.5. The number of unbranched alkanes of at least 4 members (excludes halogenated alkanes) is 22. The maximum atomic E-state index is 11.5. The average Bonchev–Trinajstić information content (AvgIpc) is 2.90. The van der Waals surface area contributed by atoms with E-state index in [0.717, 1.165) is 25.7 Å². The van der Waals surface area contributed by atoms with E-state index in [2.05, 4.69) is 13.8 Å². The van der Waals surface area contributed by atoms with Crippen molar-refractivity contribution >= 4 is 7.28 Å². The van der Waals surface area contributed by atoms with E-state index in [0.29, 0.717) is 18.1 Å². The van der Waals surface area contributed by atoms with Crippen LogP contribution < -0.4 is 4.52 Å². The van der Waals surface area contributed by atoms with E-state index < -0.39 is 7.28 Å². The molecular weight excluding hydrogens is 487 g/mol. The number of hydrogen-bond donors (Lipinski definition) is 2. The van der Waals surface area contributed by atoms with Gasteiger partial charge in [0.15, 0.2) is 0 Å². The summed E-state index contributed by atoms with van der Waals surface area (Å²) >= 11 is 0. The van der Waals surface area contributed by atoms with E-state index in [-0.39, 0.29) is 0 Å². The van der Waals surface area contributed by atoms with Crippen LogP contribution in [0.5, 0.6) is 5.75 Å². The second kappa shape index (κ2) is 23.1. The normalized spacial score (nSPS) is 12.9. The molecule has 1 rings (SSSR count). The molecule has 4 heteroatoms. The van der Waals surface area contributed by atoms with Gasteiger partial charge in [-0.2, -0.15) is 0 Å². The molecule has 0 aliphatic carbocycles. The summed E-state index contributed by atoms with van der Waals surface area (Å²) in [6, 6.07) is 9.43. The van der Waals surface area contributed by atoms with Crippen LogP contribution in [-0.4, -0.2) is 22.1 Å². The van der Waals surface area contributed by atoms with E-state index in [1.807, 2.05) is 30.3 Å². The first-order valence-electron chi connectivity index (χ1n) is 16.7. The zero-order valence-electron chi connectivity index (χ0n) is 25.5. The topological polar surface area (TPSA) is 49.7 Å². The van der Waals surface area contributed by atoms with Crippen LogP contribution in [0.4, 0.5) is 0 Å². The van der Waals surface area contributed by atoms with E-state index in [1.54, 1.807) is 0 Å². The maximum absolute atomic E-state index is 11.5. The molecular formula is C34H65O3P. The van der Waals surface area contributed by atoms with Crippen LogP contribution in [0.15, 0.2) is 30.3 Å². The summed E-state index contributed by atoms with van der Waals surface area (Å²) in [6.45, 7) is 4.55. The fourth-order valence-corrected chi connectivity index (χ4v) is 8.20. The minimum atomic E-state index is -4.17. The van der Waals surface area contributed by atoms with E-state index in [4.69, 9.17) is 4.52 Å². The van der Waals surface area contributed by atoms with Crippen molar-refractivity contribution in [2.75, 3.05) is 12.3 Å². The van der Waals surface area contributed by atoms with Crippen LogP contribution in [0.3, 0.4) is 0 Å². The Kier molecular flexibility index (Phi) is 21.5. The second-order valence-electron chi connectivity index (χ2n) is 11.9. The van der Waals surface area contributed by atoms with Gasteiger partial charge in [-0.15, -0.1) is 0 Å². The summed E-state index contributed by atoms with van der Waals surface area (Å²) in [5, 5.41) is 0. The fraction of sp³-hybridized carbons (Fsp3) is 0.824. The number of rotatable bonds is 28. The Balaban J connectivity index is 2.25. The van der Waals surface area contributed by atoms with Gasteiger partial charge in [-0.05, 0) is 0 Å². The van der Waals surface area contributed by atoms with Crippen molar-refractivity contribution < 1.29 is 14.3 Å². The van der Waals surface area contributed by atoms with Crippen molar-refractivity contribution in [1.29, 1.82) is 0 Å². The molecule has 0 atom stereocenters. The first-order valence-corrected chi connectivity index (χ1v) is 19.2. The molecule has 0 unspecified atom stereocenters. The monoisotopic (exact) mass is 552 g/mol. The molecule has 0 saturated heterocycles. The van der Waals surface area contributed by atoms with Gasteiger partial charge in [0.05, 0.1) is 0 Å². The van der Waals surface area contributed by atoms with Crippen molar-refractivity contribution in [1.82, 2.24) is 0 Å². The molecule has 0 aliphatic rings. The zero-order chi connectivity index (χ0) is 27.7.